The highest BCUT2D eigenvalue weighted by Crippen LogP contribution is 2.12. The maximum absolute atomic E-state index is 12.1. The third-order valence-corrected chi connectivity index (χ3v) is 3.88. The number of carbonyl (C=O) groups excluding carboxylic acids is 2. The Morgan fingerprint density at radius 2 is 1.88 bits per heavy atom. The molecule has 0 aliphatic carbocycles. The molecule has 1 heterocycles. The number of carbonyl (C=O) groups is 2. The SMILES string of the molecule is CCCC(C)(N)C(=O)NCc1ccc(NC(=O)c2cccnc2)cc1.Cl. The summed E-state index contributed by atoms with van der Waals surface area (Å²) in [6, 6.07) is 10.7. The van der Waals surface area contributed by atoms with E-state index in [4.69, 9.17) is 5.73 Å². The highest BCUT2D eigenvalue weighted by atomic mass is 35.5. The standard InChI is InChI=1S/C19H24N4O2.ClH/c1-3-10-19(2,20)18(25)22-12-14-6-8-16(9-7-14)23-17(24)15-5-4-11-21-13-15;/h4-9,11,13H,3,10,12,20H2,1-2H3,(H,22,25)(H,23,24);1H. The zero-order valence-electron chi connectivity index (χ0n) is 15.0. The molecule has 1 aromatic carbocycles. The minimum atomic E-state index is -0.855. The lowest BCUT2D eigenvalue weighted by molar-refractivity contribution is -0.126. The van der Waals surface area contributed by atoms with Crippen LogP contribution in [0.25, 0.3) is 0 Å². The summed E-state index contributed by atoms with van der Waals surface area (Å²) >= 11 is 0. The van der Waals surface area contributed by atoms with E-state index in [1.807, 2.05) is 19.1 Å². The Hall–Kier alpha value is -2.44. The third-order valence-electron chi connectivity index (χ3n) is 3.88. The van der Waals surface area contributed by atoms with Crippen molar-refractivity contribution in [1.29, 1.82) is 0 Å². The number of rotatable bonds is 7. The summed E-state index contributed by atoms with van der Waals surface area (Å²) in [6.07, 6.45) is 4.62. The van der Waals surface area contributed by atoms with Crippen LogP contribution in [0.15, 0.2) is 48.8 Å². The van der Waals surface area contributed by atoms with Gasteiger partial charge in [-0.05, 0) is 43.2 Å². The van der Waals surface area contributed by atoms with Gasteiger partial charge in [0.15, 0.2) is 0 Å². The van der Waals surface area contributed by atoms with E-state index in [2.05, 4.69) is 15.6 Å². The van der Waals surface area contributed by atoms with Crippen molar-refractivity contribution in [3.05, 3.63) is 59.9 Å². The van der Waals surface area contributed by atoms with Crippen molar-refractivity contribution in [2.45, 2.75) is 38.8 Å². The monoisotopic (exact) mass is 376 g/mol. The fourth-order valence-corrected chi connectivity index (χ4v) is 2.42. The van der Waals surface area contributed by atoms with Crippen LogP contribution in [0.5, 0.6) is 0 Å². The lowest BCUT2D eigenvalue weighted by Crippen LogP contribution is -2.51. The summed E-state index contributed by atoms with van der Waals surface area (Å²) in [5.74, 6) is -0.379. The van der Waals surface area contributed by atoms with Gasteiger partial charge in [0.2, 0.25) is 5.91 Å². The molecular weight excluding hydrogens is 352 g/mol. The van der Waals surface area contributed by atoms with Crippen molar-refractivity contribution in [3.8, 4) is 0 Å². The lowest BCUT2D eigenvalue weighted by atomic mass is 9.96. The number of hydrogen-bond donors (Lipinski definition) is 3. The fourth-order valence-electron chi connectivity index (χ4n) is 2.42. The van der Waals surface area contributed by atoms with Crippen LogP contribution in [-0.4, -0.2) is 22.3 Å². The first kappa shape index (κ1) is 21.6. The van der Waals surface area contributed by atoms with Crippen molar-refractivity contribution in [2.75, 3.05) is 5.32 Å². The van der Waals surface area contributed by atoms with Gasteiger partial charge in [0.1, 0.15) is 0 Å². The van der Waals surface area contributed by atoms with E-state index in [0.717, 1.165) is 12.0 Å². The van der Waals surface area contributed by atoms with Crippen molar-refractivity contribution < 1.29 is 9.59 Å². The fraction of sp³-hybridized carbons (Fsp3) is 0.316. The van der Waals surface area contributed by atoms with Gasteiger partial charge in [-0.15, -0.1) is 12.4 Å². The molecule has 0 bridgehead atoms. The van der Waals surface area contributed by atoms with Gasteiger partial charge in [0.05, 0.1) is 11.1 Å². The number of aromatic nitrogens is 1. The van der Waals surface area contributed by atoms with E-state index in [9.17, 15) is 9.59 Å². The van der Waals surface area contributed by atoms with Gasteiger partial charge in [-0.1, -0.05) is 25.5 Å². The molecule has 0 radical (unpaired) electrons. The molecule has 2 amide bonds. The first-order chi connectivity index (χ1) is 11.9. The van der Waals surface area contributed by atoms with E-state index in [0.29, 0.717) is 24.2 Å². The molecule has 7 heteroatoms. The van der Waals surface area contributed by atoms with Gasteiger partial charge in [0, 0.05) is 24.6 Å². The van der Waals surface area contributed by atoms with Crippen LogP contribution in [0.2, 0.25) is 0 Å². The minimum absolute atomic E-state index is 0. The van der Waals surface area contributed by atoms with Crippen molar-refractivity contribution >= 4 is 29.9 Å². The molecule has 0 aliphatic rings. The van der Waals surface area contributed by atoms with Crippen LogP contribution in [0, 0.1) is 0 Å². The molecule has 1 atom stereocenters. The lowest BCUT2D eigenvalue weighted by Gasteiger charge is -2.22. The molecule has 26 heavy (non-hydrogen) atoms. The van der Waals surface area contributed by atoms with Crippen LogP contribution in [-0.2, 0) is 11.3 Å². The number of nitrogens with one attached hydrogen (secondary N) is 2. The Kier molecular flexibility index (Phi) is 8.22. The molecule has 2 rings (SSSR count). The summed E-state index contributed by atoms with van der Waals surface area (Å²) < 4.78 is 0. The molecule has 1 aromatic heterocycles. The number of halogens is 1. The second kappa shape index (κ2) is 9.89. The molecular formula is C19H25ClN4O2. The summed E-state index contributed by atoms with van der Waals surface area (Å²) in [5, 5.41) is 5.66. The van der Waals surface area contributed by atoms with Gasteiger partial charge >= 0.3 is 0 Å². The predicted octanol–water partition coefficient (Wildman–Crippen LogP) is 2.89. The maximum Gasteiger partial charge on any atom is 0.257 e. The third kappa shape index (κ3) is 6.13. The van der Waals surface area contributed by atoms with Crippen molar-refractivity contribution in [3.63, 3.8) is 0 Å². The zero-order chi connectivity index (χ0) is 18.3. The summed E-state index contributed by atoms with van der Waals surface area (Å²) in [6.45, 7) is 4.13. The van der Waals surface area contributed by atoms with E-state index in [1.165, 1.54) is 6.20 Å². The highest BCUT2D eigenvalue weighted by Gasteiger charge is 2.26. The Morgan fingerprint density at radius 3 is 2.46 bits per heavy atom. The molecule has 140 valence electrons. The molecule has 0 saturated carbocycles. The second-order valence-corrected chi connectivity index (χ2v) is 6.24. The Bertz CT molecular complexity index is 718. The first-order valence-corrected chi connectivity index (χ1v) is 8.30. The highest BCUT2D eigenvalue weighted by molar-refractivity contribution is 6.04. The number of anilines is 1. The first-order valence-electron chi connectivity index (χ1n) is 8.30. The topological polar surface area (TPSA) is 97.1 Å². The van der Waals surface area contributed by atoms with Crippen LogP contribution in [0.4, 0.5) is 5.69 Å². The number of hydrogen-bond acceptors (Lipinski definition) is 4. The largest absolute Gasteiger partial charge is 0.350 e. The molecule has 0 saturated heterocycles. The average Bonchev–Trinajstić information content (AvgIpc) is 2.61. The Balaban J connectivity index is 0.00000338. The summed E-state index contributed by atoms with van der Waals surface area (Å²) in [5.41, 5.74) is 7.26. The summed E-state index contributed by atoms with van der Waals surface area (Å²) in [7, 11) is 0. The molecule has 0 spiro atoms. The Morgan fingerprint density at radius 1 is 1.19 bits per heavy atom. The van der Waals surface area contributed by atoms with E-state index < -0.39 is 5.54 Å². The molecule has 0 aliphatic heterocycles. The number of benzene rings is 1. The molecule has 1 unspecified atom stereocenters. The van der Waals surface area contributed by atoms with Crippen molar-refractivity contribution in [2.24, 2.45) is 5.73 Å². The van der Waals surface area contributed by atoms with E-state index in [1.54, 1.807) is 37.4 Å². The number of amides is 2. The number of nitrogens with zero attached hydrogens (tertiary/aromatic N) is 1. The van der Waals surface area contributed by atoms with Crippen LogP contribution >= 0.6 is 12.4 Å². The quantitative estimate of drug-likeness (QED) is 0.692. The van der Waals surface area contributed by atoms with Gasteiger partial charge in [0.25, 0.3) is 5.91 Å². The molecule has 6 nitrogen and oxygen atoms in total. The molecule has 0 fully saturated rings. The van der Waals surface area contributed by atoms with Gasteiger partial charge < -0.3 is 16.4 Å². The van der Waals surface area contributed by atoms with Gasteiger partial charge in [-0.25, -0.2) is 0 Å². The van der Waals surface area contributed by atoms with Crippen LogP contribution in [0.1, 0.15) is 42.6 Å². The minimum Gasteiger partial charge on any atom is -0.350 e. The average molecular weight is 377 g/mol. The molecule has 4 N–H and O–H groups in total. The van der Waals surface area contributed by atoms with E-state index in [-0.39, 0.29) is 24.2 Å². The van der Waals surface area contributed by atoms with Gasteiger partial charge in [-0.3, -0.25) is 14.6 Å². The predicted molar refractivity (Wildman–Crippen MR) is 105 cm³/mol. The number of nitrogens with two attached hydrogens (primary N) is 1. The maximum atomic E-state index is 12.1. The van der Waals surface area contributed by atoms with Crippen LogP contribution in [0.3, 0.4) is 0 Å². The smallest absolute Gasteiger partial charge is 0.257 e. The molecule has 2 aromatic rings. The summed E-state index contributed by atoms with van der Waals surface area (Å²) in [4.78, 5) is 28.1. The van der Waals surface area contributed by atoms with Gasteiger partial charge in [-0.2, -0.15) is 0 Å². The van der Waals surface area contributed by atoms with E-state index >= 15 is 0 Å². The van der Waals surface area contributed by atoms with Crippen molar-refractivity contribution in [1.82, 2.24) is 10.3 Å². The van der Waals surface area contributed by atoms with Crippen LogP contribution < -0.4 is 16.4 Å². The normalized spacial score (nSPS) is 12.4. The zero-order valence-corrected chi connectivity index (χ0v) is 15.8. The number of pyridine rings is 1. The second-order valence-electron chi connectivity index (χ2n) is 6.24. The Labute approximate surface area is 160 Å².